The van der Waals surface area contributed by atoms with E-state index in [0.29, 0.717) is 12.3 Å². The van der Waals surface area contributed by atoms with Crippen molar-refractivity contribution in [3.63, 3.8) is 0 Å². The number of rotatable bonds is 7. The Labute approximate surface area is 101 Å². The summed E-state index contributed by atoms with van der Waals surface area (Å²) in [5.74, 6) is -0.291. The molecule has 96 valence electrons. The molecule has 0 amide bonds. The minimum Gasteiger partial charge on any atom is -0.463 e. The van der Waals surface area contributed by atoms with Crippen LogP contribution in [-0.4, -0.2) is 46.9 Å². The number of hydrogen-bond acceptors (Lipinski definition) is 5. The van der Waals surface area contributed by atoms with Crippen LogP contribution in [0.4, 0.5) is 5.69 Å². The molecule has 0 aliphatic rings. The molecule has 0 spiro atoms. The zero-order chi connectivity index (χ0) is 12.7. The molecule has 6 nitrogen and oxygen atoms in total. The molecule has 1 aromatic heterocycles. The second-order valence-corrected chi connectivity index (χ2v) is 3.72. The van der Waals surface area contributed by atoms with Gasteiger partial charge in [0.25, 0.3) is 0 Å². The van der Waals surface area contributed by atoms with Gasteiger partial charge in [-0.05, 0) is 13.1 Å². The van der Waals surface area contributed by atoms with Gasteiger partial charge in [0.1, 0.15) is 13.2 Å². The lowest BCUT2D eigenvalue weighted by atomic mass is 10.5. The van der Waals surface area contributed by atoms with E-state index in [2.05, 4.69) is 23.8 Å². The highest BCUT2D eigenvalue weighted by Crippen LogP contribution is 1.98. The van der Waals surface area contributed by atoms with E-state index in [1.165, 1.54) is 10.9 Å². The summed E-state index contributed by atoms with van der Waals surface area (Å²) in [5, 5.41) is 3.91. The highest BCUT2D eigenvalue weighted by Gasteiger charge is 2.06. The van der Waals surface area contributed by atoms with Gasteiger partial charge in [-0.3, -0.25) is 9.48 Å². The lowest BCUT2D eigenvalue weighted by Crippen LogP contribution is -2.28. The molecule has 0 saturated carbocycles. The van der Waals surface area contributed by atoms with Gasteiger partial charge in [0, 0.05) is 12.7 Å². The van der Waals surface area contributed by atoms with E-state index in [0.717, 1.165) is 19.6 Å². The Morgan fingerprint density at radius 3 is 2.76 bits per heavy atom. The third-order valence-electron chi connectivity index (χ3n) is 2.51. The van der Waals surface area contributed by atoms with Crippen molar-refractivity contribution in [1.82, 2.24) is 14.7 Å². The number of nitrogens with zero attached hydrogens (tertiary/aromatic N) is 3. The van der Waals surface area contributed by atoms with Crippen LogP contribution in [0.5, 0.6) is 0 Å². The summed E-state index contributed by atoms with van der Waals surface area (Å²) < 4.78 is 6.57. The van der Waals surface area contributed by atoms with Crippen molar-refractivity contribution in [2.75, 3.05) is 32.0 Å². The first kappa shape index (κ1) is 13.5. The molecule has 6 heteroatoms. The number of ether oxygens (including phenoxy) is 1. The minimum absolute atomic E-state index is 0.107. The predicted molar refractivity (Wildman–Crippen MR) is 65.4 cm³/mol. The summed E-state index contributed by atoms with van der Waals surface area (Å²) in [6, 6.07) is 0. The highest BCUT2D eigenvalue weighted by atomic mass is 16.5. The Morgan fingerprint density at radius 2 is 2.24 bits per heavy atom. The van der Waals surface area contributed by atoms with Crippen molar-refractivity contribution in [2.45, 2.75) is 20.4 Å². The van der Waals surface area contributed by atoms with Crippen LogP contribution in [0, 0.1) is 0 Å². The maximum atomic E-state index is 11.4. The third-order valence-corrected chi connectivity index (χ3v) is 2.51. The maximum Gasteiger partial charge on any atom is 0.327 e. The molecule has 0 aliphatic carbocycles. The molecule has 0 bridgehead atoms. The zero-order valence-corrected chi connectivity index (χ0v) is 10.4. The Balaban J connectivity index is 2.21. The fourth-order valence-corrected chi connectivity index (χ4v) is 1.47. The van der Waals surface area contributed by atoms with Crippen LogP contribution in [0.15, 0.2) is 12.4 Å². The molecule has 0 fully saturated rings. The third kappa shape index (κ3) is 4.86. The average molecular weight is 240 g/mol. The predicted octanol–water partition coefficient (Wildman–Crippen LogP) is 0.350. The molecule has 0 unspecified atom stereocenters. The first-order valence-corrected chi connectivity index (χ1v) is 5.81. The summed E-state index contributed by atoms with van der Waals surface area (Å²) in [4.78, 5) is 13.6. The molecule has 2 N–H and O–H groups in total. The van der Waals surface area contributed by atoms with Gasteiger partial charge in [0.05, 0.1) is 11.9 Å². The summed E-state index contributed by atoms with van der Waals surface area (Å²) in [6.45, 7) is 7.37. The molecule has 1 aromatic rings. The molecule has 1 heterocycles. The van der Waals surface area contributed by atoms with Crippen LogP contribution < -0.4 is 5.73 Å². The monoisotopic (exact) mass is 240 g/mol. The Hall–Kier alpha value is -1.56. The number of hydrogen-bond donors (Lipinski definition) is 1. The van der Waals surface area contributed by atoms with Gasteiger partial charge in [-0.15, -0.1) is 0 Å². The van der Waals surface area contributed by atoms with E-state index in [9.17, 15) is 4.79 Å². The van der Waals surface area contributed by atoms with Crippen LogP contribution in [0.25, 0.3) is 0 Å². The molecule has 0 saturated heterocycles. The minimum atomic E-state index is -0.291. The largest absolute Gasteiger partial charge is 0.463 e. The Kier molecular flexibility index (Phi) is 5.48. The standard InChI is InChI=1S/C11H20N4O2/c1-3-14(4-2)5-6-17-11(16)9-15-8-10(12)7-13-15/h7-8H,3-6,9,12H2,1-2H3. The van der Waals surface area contributed by atoms with Crippen LogP contribution in [0.1, 0.15) is 13.8 Å². The second-order valence-electron chi connectivity index (χ2n) is 3.72. The zero-order valence-electron chi connectivity index (χ0n) is 10.4. The molecule has 0 aromatic carbocycles. The van der Waals surface area contributed by atoms with E-state index >= 15 is 0 Å². The molecule has 17 heavy (non-hydrogen) atoms. The van der Waals surface area contributed by atoms with Crippen LogP contribution in [0.2, 0.25) is 0 Å². The van der Waals surface area contributed by atoms with Crippen molar-refractivity contribution in [1.29, 1.82) is 0 Å². The van der Waals surface area contributed by atoms with Gasteiger partial charge in [0.2, 0.25) is 0 Å². The lowest BCUT2D eigenvalue weighted by molar-refractivity contribution is -0.145. The van der Waals surface area contributed by atoms with Gasteiger partial charge in [0.15, 0.2) is 0 Å². The number of likely N-dealkylation sites (N-methyl/N-ethyl adjacent to an activating group) is 1. The van der Waals surface area contributed by atoms with E-state index in [1.54, 1.807) is 6.20 Å². The topological polar surface area (TPSA) is 73.4 Å². The van der Waals surface area contributed by atoms with E-state index in [4.69, 9.17) is 10.5 Å². The van der Waals surface area contributed by atoms with E-state index < -0.39 is 0 Å². The first-order valence-electron chi connectivity index (χ1n) is 5.81. The van der Waals surface area contributed by atoms with Crippen molar-refractivity contribution >= 4 is 11.7 Å². The fraction of sp³-hybridized carbons (Fsp3) is 0.636. The summed E-state index contributed by atoms with van der Waals surface area (Å²) in [7, 11) is 0. The molecular weight excluding hydrogens is 220 g/mol. The van der Waals surface area contributed by atoms with Gasteiger partial charge < -0.3 is 15.4 Å². The van der Waals surface area contributed by atoms with Crippen LogP contribution in [-0.2, 0) is 16.1 Å². The van der Waals surface area contributed by atoms with E-state index in [-0.39, 0.29) is 12.5 Å². The number of aromatic nitrogens is 2. The van der Waals surface area contributed by atoms with Gasteiger partial charge in [-0.25, -0.2) is 0 Å². The summed E-state index contributed by atoms with van der Waals surface area (Å²) >= 11 is 0. The van der Waals surface area contributed by atoms with Crippen molar-refractivity contribution < 1.29 is 9.53 Å². The number of carbonyl (C=O) groups is 1. The summed E-state index contributed by atoms with van der Waals surface area (Å²) in [6.07, 6.45) is 3.11. The smallest absolute Gasteiger partial charge is 0.327 e. The van der Waals surface area contributed by atoms with Gasteiger partial charge in [-0.2, -0.15) is 5.10 Å². The number of esters is 1. The SMILES string of the molecule is CCN(CC)CCOC(=O)Cn1cc(N)cn1. The van der Waals surface area contributed by atoms with E-state index in [1.807, 2.05) is 0 Å². The van der Waals surface area contributed by atoms with Crippen molar-refractivity contribution in [3.05, 3.63) is 12.4 Å². The van der Waals surface area contributed by atoms with Gasteiger partial charge >= 0.3 is 5.97 Å². The van der Waals surface area contributed by atoms with Crippen LogP contribution in [0.3, 0.4) is 0 Å². The number of carbonyl (C=O) groups excluding carboxylic acids is 1. The number of nitrogen functional groups attached to an aromatic ring is 1. The molecule has 0 atom stereocenters. The quantitative estimate of drug-likeness (QED) is 0.696. The number of nitrogens with two attached hydrogens (primary N) is 1. The van der Waals surface area contributed by atoms with Crippen molar-refractivity contribution in [2.24, 2.45) is 0 Å². The number of anilines is 1. The second kappa shape index (κ2) is 6.90. The van der Waals surface area contributed by atoms with Crippen molar-refractivity contribution in [3.8, 4) is 0 Å². The Bertz CT molecular complexity index is 347. The van der Waals surface area contributed by atoms with Gasteiger partial charge in [-0.1, -0.05) is 13.8 Å². The maximum absolute atomic E-state index is 11.4. The summed E-state index contributed by atoms with van der Waals surface area (Å²) in [5.41, 5.74) is 6.03. The molecule has 1 rings (SSSR count). The van der Waals surface area contributed by atoms with Crippen LogP contribution >= 0.6 is 0 Å². The first-order chi connectivity index (χ1) is 8.15. The molecular formula is C11H20N4O2. The normalized spacial score (nSPS) is 10.8. The lowest BCUT2D eigenvalue weighted by Gasteiger charge is -2.17. The molecule has 0 aliphatic heterocycles. The Morgan fingerprint density at radius 1 is 1.53 bits per heavy atom. The fourth-order valence-electron chi connectivity index (χ4n) is 1.47. The highest BCUT2D eigenvalue weighted by molar-refractivity contribution is 5.69. The molecule has 0 radical (unpaired) electrons. The average Bonchev–Trinajstić information content (AvgIpc) is 2.70.